The van der Waals surface area contributed by atoms with Crippen LogP contribution in [-0.2, 0) is 16.1 Å². The van der Waals surface area contributed by atoms with Crippen molar-refractivity contribution in [1.29, 1.82) is 0 Å². The molecule has 7 heteroatoms. The summed E-state index contributed by atoms with van der Waals surface area (Å²) in [5.41, 5.74) is 0.290. The average Bonchev–Trinajstić information content (AvgIpc) is 3.09. The summed E-state index contributed by atoms with van der Waals surface area (Å²) in [6, 6.07) is 0. The average molecular weight is 364 g/mol. The Morgan fingerprint density at radius 3 is 2.69 bits per heavy atom. The summed E-state index contributed by atoms with van der Waals surface area (Å²) in [6.07, 6.45) is 4.90. The zero-order valence-electron chi connectivity index (χ0n) is 16.4. The number of methoxy groups -OCH3 is 1. The van der Waals surface area contributed by atoms with Crippen molar-refractivity contribution in [2.75, 3.05) is 39.9 Å². The highest BCUT2D eigenvalue weighted by molar-refractivity contribution is 5.77. The molecule has 0 radical (unpaired) electrons. The van der Waals surface area contributed by atoms with Crippen LogP contribution in [0, 0.1) is 5.41 Å². The maximum Gasteiger partial charge on any atom is 0.229 e. The molecule has 0 aromatic carbocycles. The second-order valence-electron chi connectivity index (χ2n) is 8.14. The van der Waals surface area contributed by atoms with Gasteiger partial charge in [-0.15, -0.1) is 0 Å². The summed E-state index contributed by atoms with van der Waals surface area (Å²) in [7, 11) is 1.71. The molecule has 2 aliphatic heterocycles. The number of hydrogen-bond acceptors (Lipinski definition) is 6. The van der Waals surface area contributed by atoms with Crippen LogP contribution >= 0.6 is 0 Å². The monoisotopic (exact) mass is 364 g/mol. The lowest BCUT2D eigenvalue weighted by Crippen LogP contribution is -2.51. The summed E-state index contributed by atoms with van der Waals surface area (Å²) in [5.74, 6) is 2.07. The van der Waals surface area contributed by atoms with Crippen molar-refractivity contribution < 1.29 is 14.1 Å². The summed E-state index contributed by atoms with van der Waals surface area (Å²) >= 11 is 0. The lowest BCUT2D eigenvalue weighted by molar-refractivity contribution is -0.139. The van der Waals surface area contributed by atoms with Crippen LogP contribution in [0.5, 0.6) is 0 Å². The third-order valence-corrected chi connectivity index (χ3v) is 5.78. The van der Waals surface area contributed by atoms with Gasteiger partial charge in [-0.3, -0.25) is 9.69 Å². The molecule has 0 N–H and O–H groups in total. The Morgan fingerprint density at radius 1 is 1.27 bits per heavy atom. The van der Waals surface area contributed by atoms with Crippen molar-refractivity contribution in [1.82, 2.24) is 19.9 Å². The minimum atomic E-state index is 0.268. The number of hydrogen-bond donors (Lipinski definition) is 0. The van der Waals surface area contributed by atoms with Gasteiger partial charge >= 0.3 is 0 Å². The van der Waals surface area contributed by atoms with Gasteiger partial charge in [0.1, 0.15) is 0 Å². The van der Waals surface area contributed by atoms with Crippen molar-refractivity contribution in [3.8, 4) is 0 Å². The maximum atomic E-state index is 12.2. The lowest BCUT2D eigenvalue weighted by Gasteiger charge is -2.47. The van der Waals surface area contributed by atoms with E-state index in [1.807, 2.05) is 0 Å². The maximum absolute atomic E-state index is 12.2. The Balaban J connectivity index is 1.50. The molecule has 146 valence electrons. The van der Waals surface area contributed by atoms with Crippen LogP contribution in [0.25, 0.3) is 0 Å². The molecule has 2 saturated heterocycles. The first-order valence-corrected chi connectivity index (χ1v) is 9.83. The summed E-state index contributed by atoms with van der Waals surface area (Å²) < 4.78 is 10.4. The van der Waals surface area contributed by atoms with Crippen LogP contribution in [0.1, 0.15) is 63.6 Å². The van der Waals surface area contributed by atoms with Gasteiger partial charge in [-0.2, -0.15) is 4.98 Å². The van der Waals surface area contributed by atoms with E-state index in [9.17, 15) is 4.79 Å². The Labute approximate surface area is 156 Å². The standard InChI is InChI=1S/C19H32N4O3/c1-15(2)18-20-16(21-26-18)13-22-10-7-19(8-11-22)6-5-17(24)23(14-19)9-4-12-25-3/h15H,4-14H2,1-3H3. The molecular formula is C19H32N4O3. The molecule has 3 rings (SSSR count). The van der Waals surface area contributed by atoms with Crippen molar-refractivity contribution >= 4 is 5.91 Å². The number of rotatable bonds is 7. The Bertz CT molecular complexity index is 593. The van der Waals surface area contributed by atoms with Crippen molar-refractivity contribution in [3.05, 3.63) is 11.7 Å². The lowest BCUT2D eigenvalue weighted by atomic mass is 9.72. The zero-order valence-corrected chi connectivity index (χ0v) is 16.4. The van der Waals surface area contributed by atoms with Gasteiger partial charge in [0.05, 0.1) is 6.54 Å². The normalized spacial score (nSPS) is 21.1. The van der Waals surface area contributed by atoms with Crippen LogP contribution in [-0.4, -0.2) is 65.7 Å². The number of piperidine rings is 2. The number of aromatic nitrogens is 2. The topological polar surface area (TPSA) is 71.7 Å². The quantitative estimate of drug-likeness (QED) is 0.692. The molecule has 0 atom stereocenters. The van der Waals surface area contributed by atoms with Gasteiger partial charge in [0.25, 0.3) is 0 Å². The van der Waals surface area contributed by atoms with Gasteiger partial charge in [-0.05, 0) is 44.2 Å². The highest BCUT2D eigenvalue weighted by atomic mass is 16.5. The third kappa shape index (κ3) is 4.62. The summed E-state index contributed by atoms with van der Waals surface area (Å²) in [6.45, 7) is 9.38. The largest absolute Gasteiger partial charge is 0.385 e. The number of likely N-dealkylation sites (tertiary alicyclic amines) is 2. The van der Waals surface area contributed by atoms with Crippen LogP contribution in [0.4, 0.5) is 0 Å². The molecular weight excluding hydrogens is 332 g/mol. The van der Waals surface area contributed by atoms with E-state index in [0.717, 1.165) is 64.2 Å². The molecule has 1 aromatic heterocycles. The van der Waals surface area contributed by atoms with Gasteiger partial charge < -0.3 is 14.2 Å². The molecule has 1 spiro atoms. The minimum absolute atomic E-state index is 0.268. The molecule has 1 aromatic rings. The van der Waals surface area contributed by atoms with E-state index in [1.165, 1.54) is 0 Å². The van der Waals surface area contributed by atoms with E-state index in [-0.39, 0.29) is 11.3 Å². The Hall–Kier alpha value is -1.47. The molecule has 7 nitrogen and oxygen atoms in total. The fraction of sp³-hybridized carbons (Fsp3) is 0.842. The molecule has 0 saturated carbocycles. The number of amides is 1. The summed E-state index contributed by atoms with van der Waals surface area (Å²) in [4.78, 5) is 21.2. The smallest absolute Gasteiger partial charge is 0.229 e. The second kappa shape index (κ2) is 8.48. The van der Waals surface area contributed by atoms with Gasteiger partial charge in [0.2, 0.25) is 11.8 Å². The van der Waals surface area contributed by atoms with Gasteiger partial charge in [-0.25, -0.2) is 0 Å². The van der Waals surface area contributed by atoms with E-state index in [1.54, 1.807) is 7.11 Å². The summed E-state index contributed by atoms with van der Waals surface area (Å²) in [5, 5.41) is 4.11. The predicted octanol–water partition coefficient (Wildman–Crippen LogP) is 2.43. The highest BCUT2D eigenvalue weighted by Crippen LogP contribution is 2.40. The second-order valence-corrected chi connectivity index (χ2v) is 8.14. The first-order valence-electron chi connectivity index (χ1n) is 9.83. The number of ether oxygens (including phenoxy) is 1. The molecule has 0 bridgehead atoms. The van der Waals surface area contributed by atoms with E-state index in [2.05, 4.69) is 33.8 Å². The molecule has 26 heavy (non-hydrogen) atoms. The number of nitrogens with zero attached hydrogens (tertiary/aromatic N) is 4. The first-order chi connectivity index (χ1) is 12.5. The zero-order chi connectivity index (χ0) is 18.6. The van der Waals surface area contributed by atoms with Crippen LogP contribution < -0.4 is 0 Å². The molecule has 3 heterocycles. The van der Waals surface area contributed by atoms with Crippen molar-refractivity contribution in [2.24, 2.45) is 5.41 Å². The fourth-order valence-electron chi connectivity index (χ4n) is 4.07. The van der Waals surface area contributed by atoms with E-state index in [4.69, 9.17) is 9.26 Å². The number of carbonyl (C=O) groups excluding carboxylic acids is 1. The van der Waals surface area contributed by atoms with Crippen LogP contribution in [0.15, 0.2) is 4.52 Å². The van der Waals surface area contributed by atoms with E-state index in [0.29, 0.717) is 24.8 Å². The Kier molecular flexibility index (Phi) is 6.29. The van der Waals surface area contributed by atoms with E-state index < -0.39 is 0 Å². The molecule has 1 amide bonds. The molecule has 2 fully saturated rings. The SMILES string of the molecule is COCCCN1CC2(CCC1=O)CCN(Cc1noc(C(C)C)n1)CC2. The van der Waals surface area contributed by atoms with Crippen molar-refractivity contribution in [2.45, 2.75) is 58.4 Å². The van der Waals surface area contributed by atoms with Gasteiger partial charge in [-0.1, -0.05) is 19.0 Å². The van der Waals surface area contributed by atoms with Crippen LogP contribution in [0.2, 0.25) is 0 Å². The molecule has 0 aliphatic carbocycles. The molecule has 2 aliphatic rings. The van der Waals surface area contributed by atoms with E-state index >= 15 is 0 Å². The fourth-order valence-corrected chi connectivity index (χ4v) is 4.07. The van der Waals surface area contributed by atoms with Gasteiger partial charge in [0, 0.05) is 39.1 Å². The highest BCUT2D eigenvalue weighted by Gasteiger charge is 2.40. The third-order valence-electron chi connectivity index (χ3n) is 5.78. The van der Waals surface area contributed by atoms with Crippen molar-refractivity contribution in [3.63, 3.8) is 0 Å². The number of carbonyl (C=O) groups is 1. The molecule has 0 unspecified atom stereocenters. The predicted molar refractivity (Wildman–Crippen MR) is 97.6 cm³/mol. The first kappa shape index (κ1) is 19.3. The minimum Gasteiger partial charge on any atom is -0.385 e. The Morgan fingerprint density at radius 2 is 2.04 bits per heavy atom. The van der Waals surface area contributed by atoms with Crippen LogP contribution in [0.3, 0.4) is 0 Å². The van der Waals surface area contributed by atoms with Gasteiger partial charge in [0.15, 0.2) is 5.82 Å².